The van der Waals surface area contributed by atoms with Crippen LogP contribution in [0.2, 0.25) is 0 Å². The standard InChI is InChI=1S/C12H20ClN3O3/c13-3-1-11(17)14-12(18)16-4-2-10(9-16)15-5-7-19-8-6-15/h10H,1-9H2,(H,14,17,18). The number of ether oxygens (including phenoxy) is 1. The van der Waals surface area contributed by atoms with E-state index >= 15 is 0 Å². The molecule has 3 amide bonds. The predicted molar refractivity (Wildman–Crippen MR) is 71.2 cm³/mol. The second-order valence-electron chi connectivity index (χ2n) is 4.83. The number of amides is 3. The lowest BCUT2D eigenvalue weighted by Gasteiger charge is -2.32. The largest absolute Gasteiger partial charge is 0.379 e. The van der Waals surface area contributed by atoms with Gasteiger partial charge in [0.1, 0.15) is 0 Å². The molecular weight excluding hydrogens is 270 g/mol. The Morgan fingerprint density at radius 3 is 2.68 bits per heavy atom. The van der Waals surface area contributed by atoms with Gasteiger partial charge >= 0.3 is 6.03 Å². The molecule has 2 heterocycles. The zero-order chi connectivity index (χ0) is 13.7. The van der Waals surface area contributed by atoms with Crippen molar-refractivity contribution in [2.45, 2.75) is 18.9 Å². The van der Waals surface area contributed by atoms with E-state index < -0.39 is 0 Å². The zero-order valence-corrected chi connectivity index (χ0v) is 11.7. The predicted octanol–water partition coefficient (Wildman–Crippen LogP) is 0.258. The molecular formula is C12H20ClN3O3. The van der Waals surface area contributed by atoms with Crippen molar-refractivity contribution in [3.63, 3.8) is 0 Å². The maximum absolute atomic E-state index is 11.9. The highest BCUT2D eigenvalue weighted by Gasteiger charge is 2.31. The van der Waals surface area contributed by atoms with Gasteiger partial charge < -0.3 is 9.64 Å². The Bertz CT molecular complexity index is 334. The van der Waals surface area contributed by atoms with Crippen LogP contribution in [0.4, 0.5) is 4.79 Å². The van der Waals surface area contributed by atoms with Crippen LogP contribution in [0.15, 0.2) is 0 Å². The molecule has 0 bridgehead atoms. The monoisotopic (exact) mass is 289 g/mol. The molecule has 0 aromatic carbocycles. The number of imide groups is 1. The topological polar surface area (TPSA) is 61.9 Å². The van der Waals surface area contributed by atoms with Gasteiger partial charge in [-0.05, 0) is 6.42 Å². The van der Waals surface area contributed by atoms with E-state index in [1.54, 1.807) is 4.90 Å². The van der Waals surface area contributed by atoms with E-state index in [2.05, 4.69) is 10.2 Å². The molecule has 2 rings (SSSR count). The quantitative estimate of drug-likeness (QED) is 0.757. The molecule has 0 aliphatic carbocycles. The second-order valence-corrected chi connectivity index (χ2v) is 5.21. The minimum atomic E-state index is -0.310. The first-order valence-corrected chi connectivity index (χ1v) is 7.20. The molecule has 7 heteroatoms. The van der Waals surface area contributed by atoms with Crippen molar-refractivity contribution in [1.29, 1.82) is 0 Å². The summed E-state index contributed by atoms with van der Waals surface area (Å²) < 4.78 is 5.32. The normalized spacial score (nSPS) is 24.5. The van der Waals surface area contributed by atoms with E-state index in [-0.39, 0.29) is 24.2 Å². The summed E-state index contributed by atoms with van der Waals surface area (Å²) in [5.74, 6) is -0.0787. The number of nitrogens with one attached hydrogen (secondary N) is 1. The number of alkyl halides is 1. The van der Waals surface area contributed by atoms with Crippen molar-refractivity contribution >= 4 is 23.5 Å². The van der Waals surface area contributed by atoms with Crippen LogP contribution in [-0.4, -0.2) is 73.1 Å². The van der Waals surface area contributed by atoms with Crippen LogP contribution in [0.1, 0.15) is 12.8 Å². The summed E-state index contributed by atoms with van der Waals surface area (Å²) >= 11 is 5.46. The second kappa shape index (κ2) is 7.07. The molecule has 1 N–H and O–H groups in total. The number of carbonyl (C=O) groups excluding carboxylic acids is 2. The number of likely N-dealkylation sites (tertiary alicyclic amines) is 1. The molecule has 19 heavy (non-hydrogen) atoms. The van der Waals surface area contributed by atoms with Crippen LogP contribution >= 0.6 is 11.6 Å². The van der Waals surface area contributed by atoms with Crippen molar-refractivity contribution in [1.82, 2.24) is 15.1 Å². The number of urea groups is 1. The average molecular weight is 290 g/mol. The van der Waals surface area contributed by atoms with Crippen LogP contribution in [-0.2, 0) is 9.53 Å². The Hall–Kier alpha value is -0.850. The van der Waals surface area contributed by atoms with Crippen LogP contribution < -0.4 is 5.32 Å². The molecule has 0 spiro atoms. The van der Waals surface area contributed by atoms with Crippen LogP contribution in [0.5, 0.6) is 0 Å². The van der Waals surface area contributed by atoms with Crippen LogP contribution in [0.3, 0.4) is 0 Å². The molecule has 108 valence electrons. The molecule has 0 saturated carbocycles. The molecule has 1 atom stereocenters. The number of carbonyl (C=O) groups is 2. The number of rotatable bonds is 3. The molecule has 0 aromatic heterocycles. The maximum Gasteiger partial charge on any atom is 0.324 e. The summed E-state index contributed by atoms with van der Waals surface area (Å²) in [5, 5.41) is 2.37. The van der Waals surface area contributed by atoms with Crippen LogP contribution in [0, 0.1) is 0 Å². The average Bonchev–Trinajstić information content (AvgIpc) is 2.89. The Morgan fingerprint density at radius 1 is 1.26 bits per heavy atom. The molecule has 1 unspecified atom stereocenters. The molecule has 2 fully saturated rings. The Balaban J connectivity index is 1.77. The zero-order valence-electron chi connectivity index (χ0n) is 10.9. The van der Waals surface area contributed by atoms with E-state index in [9.17, 15) is 9.59 Å². The van der Waals surface area contributed by atoms with E-state index in [1.165, 1.54) is 0 Å². The highest BCUT2D eigenvalue weighted by molar-refractivity contribution is 6.19. The van der Waals surface area contributed by atoms with Gasteiger partial charge in [0.05, 0.1) is 13.2 Å². The number of nitrogens with zero attached hydrogens (tertiary/aromatic N) is 2. The maximum atomic E-state index is 11.9. The molecule has 0 radical (unpaired) electrons. The smallest absolute Gasteiger partial charge is 0.324 e. The molecule has 2 aliphatic rings. The van der Waals surface area contributed by atoms with Crippen molar-refractivity contribution < 1.29 is 14.3 Å². The molecule has 2 aliphatic heterocycles. The van der Waals surface area contributed by atoms with E-state index in [0.29, 0.717) is 19.1 Å². The first kappa shape index (κ1) is 14.6. The number of hydrogen-bond acceptors (Lipinski definition) is 4. The summed E-state index contributed by atoms with van der Waals surface area (Å²) in [6, 6.07) is 0.0867. The number of morpholine rings is 1. The lowest BCUT2D eigenvalue weighted by molar-refractivity contribution is -0.119. The van der Waals surface area contributed by atoms with Gasteiger partial charge in [0.25, 0.3) is 0 Å². The van der Waals surface area contributed by atoms with Crippen molar-refractivity contribution in [2.24, 2.45) is 0 Å². The summed E-state index contributed by atoms with van der Waals surface area (Å²) in [6.07, 6.45) is 1.13. The first-order valence-electron chi connectivity index (χ1n) is 6.67. The summed E-state index contributed by atoms with van der Waals surface area (Å²) in [4.78, 5) is 27.2. The number of halogens is 1. The van der Waals surface area contributed by atoms with Gasteiger partial charge in [0.2, 0.25) is 5.91 Å². The molecule has 0 aromatic rings. The third-order valence-electron chi connectivity index (χ3n) is 3.58. The highest BCUT2D eigenvalue weighted by atomic mass is 35.5. The minimum Gasteiger partial charge on any atom is -0.379 e. The third-order valence-corrected chi connectivity index (χ3v) is 3.77. The van der Waals surface area contributed by atoms with E-state index in [4.69, 9.17) is 16.3 Å². The lowest BCUT2D eigenvalue weighted by atomic mass is 10.2. The van der Waals surface area contributed by atoms with E-state index in [0.717, 1.165) is 32.7 Å². The Labute approximate surface area is 118 Å². The summed E-state index contributed by atoms with van der Waals surface area (Å²) in [5.41, 5.74) is 0. The fourth-order valence-corrected chi connectivity index (χ4v) is 2.69. The van der Waals surface area contributed by atoms with Gasteiger partial charge in [0, 0.05) is 44.5 Å². The van der Waals surface area contributed by atoms with Crippen molar-refractivity contribution in [3.8, 4) is 0 Å². The third kappa shape index (κ3) is 4.06. The summed E-state index contributed by atoms with van der Waals surface area (Å²) in [7, 11) is 0. The lowest BCUT2D eigenvalue weighted by Crippen LogP contribution is -2.47. The highest BCUT2D eigenvalue weighted by Crippen LogP contribution is 2.16. The molecule has 6 nitrogen and oxygen atoms in total. The first-order chi connectivity index (χ1) is 9.20. The fourth-order valence-electron chi connectivity index (χ4n) is 2.51. The van der Waals surface area contributed by atoms with Gasteiger partial charge in [-0.1, -0.05) is 0 Å². The minimum absolute atomic E-state index is 0.175. The summed E-state index contributed by atoms with van der Waals surface area (Å²) in [6.45, 7) is 4.74. The Morgan fingerprint density at radius 2 is 2.00 bits per heavy atom. The number of hydrogen-bond donors (Lipinski definition) is 1. The van der Waals surface area contributed by atoms with Gasteiger partial charge in [-0.2, -0.15) is 0 Å². The van der Waals surface area contributed by atoms with Crippen LogP contribution in [0.25, 0.3) is 0 Å². The van der Waals surface area contributed by atoms with Gasteiger partial charge in [-0.15, -0.1) is 11.6 Å². The van der Waals surface area contributed by atoms with Gasteiger partial charge in [-0.25, -0.2) is 4.79 Å². The SMILES string of the molecule is O=C(CCCl)NC(=O)N1CCC(N2CCOCC2)C1. The van der Waals surface area contributed by atoms with Gasteiger partial charge in [0.15, 0.2) is 0 Å². The fraction of sp³-hybridized carbons (Fsp3) is 0.833. The Kier molecular flexibility index (Phi) is 5.42. The van der Waals surface area contributed by atoms with Crippen molar-refractivity contribution in [3.05, 3.63) is 0 Å². The van der Waals surface area contributed by atoms with Gasteiger partial charge in [-0.3, -0.25) is 15.0 Å². The molecule has 2 saturated heterocycles. The van der Waals surface area contributed by atoms with Crippen molar-refractivity contribution in [2.75, 3.05) is 45.3 Å². The van der Waals surface area contributed by atoms with E-state index in [1.807, 2.05) is 0 Å².